The van der Waals surface area contributed by atoms with Crippen molar-refractivity contribution in [2.24, 2.45) is 11.8 Å². The van der Waals surface area contributed by atoms with Gasteiger partial charge in [-0.3, -0.25) is 0 Å². The SMILES string of the molecule is C=CC[C@@H]1CC(OCCCC)O[C@H]1C[C@H](C)CO. The first kappa shape index (κ1) is 15.7. The van der Waals surface area contributed by atoms with Crippen LogP contribution in [-0.4, -0.2) is 30.7 Å². The Balaban J connectivity index is 2.40. The molecule has 1 aliphatic rings. The number of rotatable bonds is 9. The molecule has 3 nitrogen and oxygen atoms in total. The fourth-order valence-corrected chi connectivity index (χ4v) is 2.41. The summed E-state index contributed by atoms with van der Waals surface area (Å²) in [5, 5.41) is 9.14. The van der Waals surface area contributed by atoms with Crippen molar-refractivity contribution in [3.63, 3.8) is 0 Å². The van der Waals surface area contributed by atoms with Crippen molar-refractivity contribution in [3.05, 3.63) is 12.7 Å². The summed E-state index contributed by atoms with van der Waals surface area (Å²) in [6.07, 6.45) is 7.17. The van der Waals surface area contributed by atoms with Crippen molar-refractivity contribution < 1.29 is 14.6 Å². The minimum Gasteiger partial charge on any atom is -0.396 e. The van der Waals surface area contributed by atoms with Gasteiger partial charge in [-0.2, -0.15) is 0 Å². The number of aliphatic hydroxyl groups excluding tert-OH is 1. The first-order valence-electron chi connectivity index (χ1n) is 7.20. The quantitative estimate of drug-likeness (QED) is 0.509. The van der Waals surface area contributed by atoms with Gasteiger partial charge in [0.25, 0.3) is 0 Å². The number of aliphatic hydroxyl groups is 1. The van der Waals surface area contributed by atoms with Crippen LogP contribution in [0.4, 0.5) is 0 Å². The highest BCUT2D eigenvalue weighted by atomic mass is 16.7. The highest BCUT2D eigenvalue weighted by Gasteiger charge is 2.35. The molecule has 0 aromatic carbocycles. The molecule has 4 atom stereocenters. The highest BCUT2D eigenvalue weighted by Crippen LogP contribution is 2.33. The standard InChI is InChI=1S/C15H28O3/c1-4-6-8-17-15-10-13(7-5-2)14(18-15)9-12(3)11-16/h5,12-16H,2,4,6-11H2,1,3H3/t12-,13+,14-,15?/m0/s1. The second kappa shape index (κ2) is 8.68. The largest absolute Gasteiger partial charge is 0.396 e. The summed E-state index contributed by atoms with van der Waals surface area (Å²) >= 11 is 0. The number of unbranched alkanes of at least 4 members (excludes halogenated alkanes) is 1. The Morgan fingerprint density at radius 3 is 2.94 bits per heavy atom. The topological polar surface area (TPSA) is 38.7 Å². The molecule has 0 bridgehead atoms. The smallest absolute Gasteiger partial charge is 0.158 e. The van der Waals surface area contributed by atoms with E-state index in [9.17, 15) is 0 Å². The van der Waals surface area contributed by atoms with Crippen LogP contribution < -0.4 is 0 Å². The van der Waals surface area contributed by atoms with E-state index >= 15 is 0 Å². The number of allylic oxidation sites excluding steroid dienone is 1. The van der Waals surface area contributed by atoms with Crippen molar-refractivity contribution >= 4 is 0 Å². The Kier molecular flexibility index (Phi) is 7.56. The van der Waals surface area contributed by atoms with Gasteiger partial charge in [0.05, 0.1) is 6.10 Å². The van der Waals surface area contributed by atoms with E-state index in [1.165, 1.54) is 0 Å². The fourth-order valence-electron chi connectivity index (χ4n) is 2.41. The number of hydrogen-bond acceptors (Lipinski definition) is 3. The van der Waals surface area contributed by atoms with Gasteiger partial charge in [-0.05, 0) is 31.1 Å². The van der Waals surface area contributed by atoms with Gasteiger partial charge in [0.15, 0.2) is 6.29 Å². The lowest BCUT2D eigenvalue weighted by atomic mass is 9.91. The van der Waals surface area contributed by atoms with Crippen LogP contribution in [0, 0.1) is 11.8 Å². The second-order valence-electron chi connectivity index (χ2n) is 5.37. The molecule has 0 spiro atoms. The van der Waals surface area contributed by atoms with Crippen LogP contribution in [0.25, 0.3) is 0 Å². The third-order valence-corrected chi connectivity index (χ3v) is 3.56. The Hall–Kier alpha value is -0.380. The van der Waals surface area contributed by atoms with E-state index in [1.807, 2.05) is 6.08 Å². The van der Waals surface area contributed by atoms with Gasteiger partial charge >= 0.3 is 0 Å². The molecule has 0 aromatic rings. The third-order valence-electron chi connectivity index (χ3n) is 3.56. The summed E-state index contributed by atoms with van der Waals surface area (Å²) in [6.45, 7) is 9.03. The van der Waals surface area contributed by atoms with Gasteiger partial charge in [0.1, 0.15) is 0 Å². The summed E-state index contributed by atoms with van der Waals surface area (Å²) in [5.41, 5.74) is 0. The first-order chi connectivity index (χ1) is 8.71. The maximum Gasteiger partial charge on any atom is 0.158 e. The molecule has 18 heavy (non-hydrogen) atoms. The van der Waals surface area contributed by atoms with Crippen LogP contribution in [0.15, 0.2) is 12.7 Å². The minimum absolute atomic E-state index is 0.0580. The van der Waals surface area contributed by atoms with Crippen LogP contribution in [0.2, 0.25) is 0 Å². The molecule has 1 saturated heterocycles. The zero-order valence-electron chi connectivity index (χ0n) is 11.8. The van der Waals surface area contributed by atoms with Gasteiger partial charge in [-0.25, -0.2) is 0 Å². The fraction of sp³-hybridized carbons (Fsp3) is 0.867. The molecule has 0 saturated carbocycles. The number of ether oxygens (including phenoxy) is 2. The van der Waals surface area contributed by atoms with Gasteiger partial charge in [-0.1, -0.05) is 26.3 Å². The normalized spacial score (nSPS) is 29.4. The minimum atomic E-state index is -0.0580. The van der Waals surface area contributed by atoms with E-state index in [4.69, 9.17) is 14.6 Å². The second-order valence-corrected chi connectivity index (χ2v) is 5.37. The van der Waals surface area contributed by atoms with Crippen molar-refractivity contribution in [2.75, 3.05) is 13.2 Å². The van der Waals surface area contributed by atoms with Crippen molar-refractivity contribution in [1.29, 1.82) is 0 Å². The van der Waals surface area contributed by atoms with Crippen LogP contribution in [0.1, 0.15) is 46.0 Å². The van der Waals surface area contributed by atoms with E-state index < -0.39 is 0 Å². The molecule has 0 radical (unpaired) electrons. The summed E-state index contributed by atoms with van der Waals surface area (Å²) in [5.74, 6) is 0.778. The molecule has 1 aliphatic heterocycles. The molecular weight excluding hydrogens is 228 g/mol. The van der Waals surface area contributed by atoms with Crippen LogP contribution >= 0.6 is 0 Å². The van der Waals surface area contributed by atoms with E-state index in [-0.39, 0.29) is 24.9 Å². The van der Waals surface area contributed by atoms with Gasteiger partial charge in [-0.15, -0.1) is 6.58 Å². The predicted octanol–water partition coefficient (Wildman–Crippen LogP) is 3.13. The Labute approximate surface area is 111 Å². The van der Waals surface area contributed by atoms with E-state index in [1.54, 1.807) is 0 Å². The van der Waals surface area contributed by atoms with Gasteiger partial charge in [0.2, 0.25) is 0 Å². The zero-order valence-corrected chi connectivity index (χ0v) is 11.8. The Bertz CT molecular complexity index is 230. The van der Waals surface area contributed by atoms with Crippen molar-refractivity contribution in [1.82, 2.24) is 0 Å². The Morgan fingerprint density at radius 1 is 1.56 bits per heavy atom. The lowest BCUT2D eigenvalue weighted by Gasteiger charge is -2.20. The van der Waals surface area contributed by atoms with Crippen LogP contribution in [0.3, 0.4) is 0 Å². The third kappa shape index (κ3) is 5.09. The first-order valence-corrected chi connectivity index (χ1v) is 7.20. The molecule has 0 amide bonds. The van der Waals surface area contributed by atoms with Crippen LogP contribution in [0.5, 0.6) is 0 Å². The summed E-state index contributed by atoms with van der Waals surface area (Å²) < 4.78 is 11.7. The molecule has 0 aliphatic carbocycles. The zero-order chi connectivity index (χ0) is 13.4. The molecule has 1 rings (SSSR count). The molecule has 3 heteroatoms. The molecule has 1 heterocycles. The number of hydrogen-bond donors (Lipinski definition) is 1. The molecule has 0 aromatic heterocycles. The summed E-state index contributed by atoms with van der Waals surface area (Å²) in [4.78, 5) is 0. The van der Waals surface area contributed by atoms with Crippen LogP contribution in [-0.2, 0) is 9.47 Å². The maximum atomic E-state index is 9.14. The van der Waals surface area contributed by atoms with Gasteiger partial charge < -0.3 is 14.6 Å². The molecule has 106 valence electrons. The molecule has 1 fully saturated rings. The van der Waals surface area contributed by atoms with Gasteiger partial charge in [0, 0.05) is 19.6 Å². The monoisotopic (exact) mass is 256 g/mol. The maximum absolute atomic E-state index is 9.14. The predicted molar refractivity (Wildman–Crippen MR) is 73.3 cm³/mol. The van der Waals surface area contributed by atoms with Crippen molar-refractivity contribution in [3.8, 4) is 0 Å². The highest BCUT2D eigenvalue weighted by molar-refractivity contribution is 4.85. The molecule has 1 N–H and O–H groups in total. The molecular formula is C15H28O3. The lowest BCUT2D eigenvalue weighted by Crippen LogP contribution is -2.21. The van der Waals surface area contributed by atoms with E-state index in [2.05, 4.69) is 20.4 Å². The van der Waals surface area contributed by atoms with E-state index in [0.717, 1.165) is 38.7 Å². The molecule has 1 unspecified atom stereocenters. The van der Waals surface area contributed by atoms with Crippen molar-refractivity contribution in [2.45, 2.75) is 58.3 Å². The average molecular weight is 256 g/mol. The lowest BCUT2D eigenvalue weighted by molar-refractivity contribution is -0.138. The average Bonchev–Trinajstić information content (AvgIpc) is 2.72. The van der Waals surface area contributed by atoms with E-state index in [0.29, 0.717) is 5.92 Å². The Morgan fingerprint density at radius 2 is 2.33 bits per heavy atom. The summed E-state index contributed by atoms with van der Waals surface area (Å²) in [6, 6.07) is 0. The summed E-state index contributed by atoms with van der Waals surface area (Å²) in [7, 11) is 0.